The van der Waals surface area contributed by atoms with Crippen molar-refractivity contribution in [1.82, 2.24) is 5.32 Å². The molecule has 1 aliphatic heterocycles. The minimum atomic E-state index is -0.356. The molecule has 2 N–H and O–H groups in total. The van der Waals surface area contributed by atoms with Gasteiger partial charge in [0.25, 0.3) is 0 Å². The molecule has 1 aromatic rings. The van der Waals surface area contributed by atoms with Crippen LogP contribution in [0.25, 0.3) is 0 Å². The number of thioether (sulfide) groups is 1. The molecule has 3 rings (SSSR count). The molecular formula is C16H21NO3S. The van der Waals surface area contributed by atoms with Gasteiger partial charge in [0.1, 0.15) is 6.61 Å². The lowest BCUT2D eigenvalue weighted by Crippen LogP contribution is -2.50. The number of carbonyl (C=O) groups is 1. The predicted octanol–water partition coefficient (Wildman–Crippen LogP) is 2.42. The second kappa shape index (κ2) is 6.71. The molecule has 1 saturated carbocycles. The quantitative estimate of drug-likeness (QED) is 0.900. The van der Waals surface area contributed by atoms with E-state index in [1.54, 1.807) is 0 Å². The van der Waals surface area contributed by atoms with Gasteiger partial charge in [0.05, 0.1) is 6.10 Å². The monoisotopic (exact) mass is 307 g/mol. The Labute approximate surface area is 129 Å². The third-order valence-electron chi connectivity index (χ3n) is 4.34. The van der Waals surface area contributed by atoms with Gasteiger partial charge in [-0.3, -0.25) is 0 Å². The maximum Gasteiger partial charge on any atom is 0.407 e. The number of carbonyl (C=O) groups excluding carboxylic acids is 1. The number of nitrogens with one attached hydrogen (secondary N) is 1. The molecular weight excluding hydrogens is 286 g/mol. The van der Waals surface area contributed by atoms with E-state index >= 15 is 0 Å². The largest absolute Gasteiger partial charge is 0.445 e. The van der Waals surface area contributed by atoms with Crippen LogP contribution in [0.5, 0.6) is 0 Å². The Morgan fingerprint density at radius 1 is 1.24 bits per heavy atom. The van der Waals surface area contributed by atoms with Gasteiger partial charge in [-0.05, 0) is 41.7 Å². The van der Waals surface area contributed by atoms with E-state index in [4.69, 9.17) is 4.74 Å². The smallest absolute Gasteiger partial charge is 0.407 e. The fraction of sp³-hybridized carbons (Fsp3) is 0.562. The normalized spacial score (nSPS) is 31.5. The molecule has 0 spiro atoms. The van der Waals surface area contributed by atoms with E-state index < -0.39 is 0 Å². The number of benzene rings is 1. The number of hydrogen-bond donors (Lipinski definition) is 2. The standard InChI is InChI=1S/C16H21NO3S/c18-15-12-6-14(7-13(15)10-21-9-12)17-16(19)20-8-11-4-2-1-3-5-11/h1-5,12-15,18H,6-10H2,(H,17,19). The molecule has 21 heavy (non-hydrogen) atoms. The number of rotatable bonds is 3. The summed E-state index contributed by atoms with van der Waals surface area (Å²) in [6.07, 6.45) is 1.16. The van der Waals surface area contributed by atoms with Gasteiger partial charge in [-0.25, -0.2) is 4.79 Å². The van der Waals surface area contributed by atoms with Crippen LogP contribution in [0.1, 0.15) is 18.4 Å². The lowest BCUT2D eigenvalue weighted by molar-refractivity contribution is 0.0190. The van der Waals surface area contributed by atoms with Gasteiger partial charge >= 0.3 is 6.09 Å². The zero-order valence-electron chi connectivity index (χ0n) is 11.9. The fourth-order valence-electron chi connectivity index (χ4n) is 3.24. The van der Waals surface area contributed by atoms with Crippen molar-refractivity contribution in [2.45, 2.75) is 31.6 Å². The minimum absolute atomic E-state index is 0.132. The van der Waals surface area contributed by atoms with E-state index in [1.807, 2.05) is 42.1 Å². The van der Waals surface area contributed by atoms with Crippen molar-refractivity contribution in [2.75, 3.05) is 11.5 Å². The number of aliphatic hydroxyl groups excluding tert-OH is 1. The van der Waals surface area contributed by atoms with Crippen molar-refractivity contribution in [3.8, 4) is 0 Å². The van der Waals surface area contributed by atoms with Gasteiger partial charge in [0, 0.05) is 6.04 Å². The Hall–Kier alpha value is -1.20. The summed E-state index contributed by atoms with van der Waals surface area (Å²) in [4.78, 5) is 11.9. The Morgan fingerprint density at radius 2 is 1.90 bits per heavy atom. The van der Waals surface area contributed by atoms with Crippen LogP contribution in [0, 0.1) is 11.8 Å². The van der Waals surface area contributed by atoms with Crippen LogP contribution >= 0.6 is 11.8 Å². The van der Waals surface area contributed by atoms with Crippen LogP contribution in [-0.4, -0.2) is 34.9 Å². The molecule has 2 bridgehead atoms. The van der Waals surface area contributed by atoms with E-state index in [2.05, 4.69) is 5.32 Å². The van der Waals surface area contributed by atoms with Crippen molar-refractivity contribution in [2.24, 2.45) is 11.8 Å². The van der Waals surface area contributed by atoms with Crippen molar-refractivity contribution in [3.63, 3.8) is 0 Å². The predicted molar refractivity (Wildman–Crippen MR) is 83.1 cm³/mol. The zero-order valence-corrected chi connectivity index (χ0v) is 12.7. The number of aliphatic hydroxyl groups is 1. The molecule has 1 heterocycles. The number of ether oxygens (including phenoxy) is 1. The first-order valence-electron chi connectivity index (χ1n) is 7.45. The number of alkyl carbamates (subject to hydrolysis) is 1. The van der Waals surface area contributed by atoms with Crippen molar-refractivity contribution in [3.05, 3.63) is 35.9 Å². The molecule has 4 nitrogen and oxygen atoms in total. The van der Waals surface area contributed by atoms with Gasteiger partial charge < -0.3 is 15.2 Å². The van der Waals surface area contributed by atoms with Gasteiger partial charge in [0.2, 0.25) is 0 Å². The summed E-state index contributed by atoms with van der Waals surface area (Å²) >= 11 is 1.92. The van der Waals surface area contributed by atoms with Crippen LogP contribution in [0.4, 0.5) is 4.79 Å². The van der Waals surface area contributed by atoms with E-state index in [0.29, 0.717) is 18.4 Å². The maximum absolute atomic E-state index is 11.9. The second-order valence-corrected chi connectivity index (χ2v) is 7.00. The molecule has 0 aromatic heterocycles. The Bertz CT molecular complexity index is 468. The highest BCUT2D eigenvalue weighted by molar-refractivity contribution is 7.99. The fourth-order valence-corrected chi connectivity index (χ4v) is 4.65. The zero-order chi connectivity index (χ0) is 14.7. The van der Waals surface area contributed by atoms with Crippen LogP contribution in [0.15, 0.2) is 30.3 Å². The molecule has 2 atom stereocenters. The molecule has 1 saturated heterocycles. The number of hydrogen-bond acceptors (Lipinski definition) is 4. The Morgan fingerprint density at radius 3 is 2.57 bits per heavy atom. The van der Waals surface area contributed by atoms with Gasteiger partial charge in [0.15, 0.2) is 0 Å². The Kier molecular flexibility index (Phi) is 4.70. The first kappa shape index (κ1) is 14.7. The van der Waals surface area contributed by atoms with Crippen molar-refractivity contribution >= 4 is 17.9 Å². The first-order valence-corrected chi connectivity index (χ1v) is 8.61. The summed E-state index contributed by atoms with van der Waals surface area (Å²) in [5.74, 6) is 2.60. The molecule has 2 fully saturated rings. The molecule has 2 aliphatic rings. The van der Waals surface area contributed by atoms with Crippen LogP contribution in [0.3, 0.4) is 0 Å². The molecule has 1 aromatic carbocycles. The lowest BCUT2D eigenvalue weighted by atomic mass is 9.77. The van der Waals surface area contributed by atoms with Gasteiger partial charge in [-0.15, -0.1) is 0 Å². The van der Waals surface area contributed by atoms with Crippen LogP contribution in [0.2, 0.25) is 0 Å². The molecule has 5 heteroatoms. The number of fused-ring (bicyclic) bond motifs is 2. The highest BCUT2D eigenvalue weighted by Crippen LogP contribution is 2.38. The van der Waals surface area contributed by atoms with E-state index in [-0.39, 0.29) is 18.2 Å². The summed E-state index contributed by atoms with van der Waals surface area (Å²) in [5, 5.41) is 13.1. The summed E-state index contributed by atoms with van der Waals surface area (Å²) in [7, 11) is 0. The molecule has 0 radical (unpaired) electrons. The SMILES string of the molecule is O=C(NC1CC2CSCC(C1)C2O)OCc1ccccc1. The topological polar surface area (TPSA) is 58.6 Å². The summed E-state index contributed by atoms with van der Waals surface area (Å²) in [6.45, 7) is 0.296. The second-order valence-electron chi connectivity index (χ2n) is 5.92. The van der Waals surface area contributed by atoms with Gasteiger partial charge in [-0.2, -0.15) is 11.8 Å². The van der Waals surface area contributed by atoms with Crippen molar-refractivity contribution < 1.29 is 14.6 Å². The lowest BCUT2D eigenvalue weighted by Gasteiger charge is -2.42. The third-order valence-corrected chi connectivity index (χ3v) is 5.67. The molecule has 1 aliphatic carbocycles. The molecule has 1 amide bonds. The highest BCUT2D eigenvalue weighted by atomic mass is 32.2. The van der Waals surface area contributed by atoms with E-state index in [9.17, 15) is 9.90 Å². The average molecular weight is 307 g/mol. The average Bonchev–Trinajstić information content (AvgIpc) is 2.47. The molecule has 2 unspecified atom stereocenters. The maximum atomic E-state index is 11.9. The minimum Gasteiger partial charge on any atom is -0.445 e. The first-order chi connectivity index (χ1) is 10.2. The highest BCUT2D eigenvalue weighted by Gasteiger charge is 2.40. The van der Waals surface area contributed by atoms with E-state index in [1.165, 1.54) is 0 Å². The summed E-state index contributed by atoms with van der Waals surface area (Å²) in [5.41, 5.74) is 0.986. The summed E-state index contributed by atoms with van der Waals surface area (Å²) < 4.78 is 5.26. The van der Waals surface area contributed by atoms with Gasteiger partial charge in [-0.1, -0.05) is 30.3 Å². The van der Waals surface area contributed by atoms with E-state index in [0.717, 1.165) is 29.9 Å². The van der Waals surface area contributed by atoms with Crippen LogP contribution in [-0.2, 0) is 11.3 Å². The molecule has 114 valence electrons. The summed E-state index contributed by atoms with van der Waals surface area (Å²) in [6, 6.07) is 9.80. The third kappa shape index (κ3) is 3.71. The Balaban J connectivity index is 1.47. The van der Waals surface area contributed by atoms with Crippen molar-refractivity contribution in [1.29, 1.82) is 0 Å². The number of amides is 1. The van der Waals surface area contributed by atoms with Crippen LogP contribution < -0.4 is 5.32 Å².